The first-order valence-electron chi connectivity index (χ1n) is 9.23. The van der Waals surface area contributed by atoms with Crippen molar-refractivity contribution in [3.8, 4) is 0 Å². The maximum Gasteiger partial charge on any atom is 0.320 e. The van der Waals surface area contributed by atoms with Gasteiger partial charge in [0.15, 0.2) is 0 Å². The van der Waals surface area contributed by atoms with Crippen molar-refractivity contribution >= 4 is 22.0 Å². The molecule has 3 saturated heterocycles. The largest absolute Gasteiger partial charge is 0.481 e. The molecule has 1 unspecified atom stereocenters. The molecule has 3 aliphatic heterocycles. The number of nitrogens with zero attached hydrogens (tertiary/aromatic N) is 3. The van der Waals surface area contributed by atoms with Crippen LogP contribution >= 0.6 is 0 Å². The van der Waals surface area contributed by atoms with Gasteiger partial charge in [-0.15, -0.1) is 0 Å². The minimum absolute atomic E-state index is 0.119. The van der Waals surface area contributed by atoms with Crippen molar-refractivity contribution in [1.82, 2.24) is 14.1 Å². The number of hydrogen-bond acceptors (Lipinski definition) is 5. The fourth-order valence-electron chi connectivity index (χ4n) is 3.81. The van der Waals surface area contributed by atoms with Gasteiger partial charge in [0.25, 0.3) is 0 Å². The number of piperazine rings is 1. The van der Waals surface area contributed by atoms with E-state index in [9.17, 15) is 18.0 Å². The van der Waals surface area contributed by atoms with E-state index in [2.05, 4.69) is 0 Å². The molecule has 0 aliphatic carbocycles. The first kappa shape index (κ1) is 19.4. The van der Waals surface area contributed by atoms with Crippen LogP contribution in [0, 0.1) is 5.92 Å². The summed E-state index contributed by atoms with van der Waals surface area (Å²) in [6, 6.07) is -0.119. The Hall–Kier alpha value is -1.39. The highest BCUT2D eigenvalue weighted by Crippen LogP contribution is 2.22. The van der Waals surface area contributed by atoms with Gasteiger partial charge in [-0.3, -0.25) is 4.79 Å². The van der Waals surface area contributed by atoms with Gasteiger partial charge in [-0.05, 0) is 25.7 Å². The second-order valence-electron chi connectivity index (χ2n) is 7.15. The lowest BCUT2D eigenvalue weighted by molar-refractivity contribution is -0.143. The molecule has 3 heterocycles. The zero-order chi connectivity index (χ0) is 18.7. The van der Waals surface area contributed by atoms with Gasteiger partial charge in [0.1, 0.15) is 0 Å². The second-order valence-corrected chi connectivity index (χ2v) is 9.37. The Kier molecular flexibility index (Phi) is 6.03. The third-order valence-electron chi connectivity index (χ3n) is 5.52. The van der Waals surface area contributed by atoms with E-state index < -0.39 is 21.2 Å². The van der Waals surface area contributed by atoms with Gasteiger partial charge in [0.2, 0.25) is 10.0 Å². The number of carboxylic acid groups (broad SMARTS) is 1. The van der Waals surface area contributed by atoms with Crippen molar-refractivity contribution in [3.63, 3.8) is 0 Å². The second kappa shape index (κ2) is 8.10. The number of rotatable bonds is 3. The van der Waals surface area contributed by atoms with Gasteiger partial charge in [-0.2, -0.15) is 4.31 Å². The normalized spacial score (nSPS) is 26.7. The quantitative estimate of drug-likeness (QED) is 0.730. The SMILES string of the molecule is O=C(O)C1CCN(C(=O)N2CCN(S(=O)(=O)C3CCCOC3)CC2)CC1. The number of sulfonamides is 1. The topological polar surface area (TPSA) is 107 Å². The Balaban J connectivity index is 1.50. The molecule has 10 heteroatoms. The fraction of sp³-hybridized carbons (Fsp3) is 0.875. The predicted octanol–water partition coefficient (Wildman–Crippen LogP) is 0.0294. The Labute approximate surface area is 153 Å². The number of carbonyl (C=O) groups excluding carboxylic acids is 1. The lowest BCUT2D eigenvalue weighted by Crippen LogP contribution is -2.56. The summed E-state index contributed by atoms with van der Waals surface area (Å²) in [4.78, 5) is 27.0. The van der Waals surface area contributed by atoms with Gasteiger partial charge >= 0.3 is 12.0 Å². The Morgan fingerprint density at radius 3 is 2.08 bits per heavy atom. The molecule has 0 saturated carbocycles. The van der Waals surface area contributed by atoms with Crippen molar-refractivity contribution < 1.29 is 27.9 Å². The van der Waals surface area contributed by atoms with Gasteiger partial charge in [-0.25, -0.2) is 13.2 Å². The molecule has 9 nitrogen and oxygen atoms in total. The van der Waals surface area contributed by atoms with Gasteiger partial charge in [0.05, 0.1) is 17.8 Å². The molecule has 2 amide bonds. The first-order valence-corrected chi connectivity index (χ1v) is 10.7. The number of hydrogen-bond donors (Lipinski definition) is 1. The number of amides is 2. The molecule has 0 spiro atoms. The van der Waals surface area contributed by atoms with Crippen LogP contribution in [0.2, 0.25) is 0 Å². The Morgan fingerprint density at radius 2 is 1.54 bits per heavy atom. The molecule has 0 radical (unpaired) electrons. The molecule has 3 rings (SSSR count). The maximum absolute atomic E-state index is 12.7. The van der Waals surface area contributed by atoms with E-state index in [0.29, 0.717) is 65.1 Å². The number of urea groups is 1. The summed E-state index contributed by atoms with van der Waals surface area (Å²) in [5.74, 6) is -1.18. The van der Waals surface area contributed by atoms with Gasteiger partial charge in [-0.1, -0.05) is 0 Å². The number of ether oxygens (including phenoxy) is 1. The third-order valence-corrected chi connectivity index (χ3v) is 7.82. The van der Waals surface area contributed by atoms with Crippen molar-refractivity contribution in [3.05, 3.63) is 0 Å². The lowest BCUT2D eigenvalue weighted by atomic mass is 9.97. The maximum atomic E-state index is 12.7. The summed E-state index contributed by atoms with van der Waals surface area (Å²) in [6.45, 7) is 3.08. The average molecular weight is 389 g/mol. The highest BCUT2D eigenvalue weighted by Gasteiger charge is 2.37. The summed E-state index contributed by atoms with van der Waals surface area (Å²) in [7, 11) is -3.38. The minimum Gasteiger partial charge on any atom is -0.481 e. The van der Waals surface area contributed by atoms with Gasteiger partial charge < -0.3 is 19.6 Å². The van der Waals surface area contributed by atoms with E-state index in [0.717, 1.165) is 6.42 Å². The Morgan fingerprint density at radius 1 is 0.923 bits per heavy atom. The van der Waals surface area contributed by atoms with Crippen LogP contribution in [0.3, 0.4) is 0 Å². The molecule has 0 bridgehead atoms. The molecule has 1 atom stereocenters. The van der Waals surface area contributed by atoms with Crippen LogP contribution in [0.15, 0.2) is 0 Å². The van der Waals surface area contributed by atoms with E-state index in [4.69, 9.17) is 9.84 Å². The molecule has 0 aromatic carbocycles. The summed E-state index contributed by atoms with van der Waals surface area (Å²) in [5, 5.41) is 8.56. The van der Waals surface area contributed by atoms with Crippen LogP contribution in [-0.2, 0) is 19.6 Å². The van der Waals surface area contributed by atoms with Crippen LogP contribution in [0.1, 0.15) is 25.7 Å². The molecular weight excluding hydrogens is 362 g/mol. The third kappa shape index (κ3) is 4.12. The number of piperidine rings is 1. The molecule has 3 fully saturated rings. The van der Waals surface area contributed by atoms with Crippen LogP contribution in [-0.4, -0.2) is 97.4 Å². The molecule has 0 aromatic heterocycles. The Bertz CT molecular complexity index is 618. The molecule has 148 valence electrons. The van der Waals surface area contributed by atoms with Crippen molar-refractivity contribution in [1.29, 1.82) is 0 Å². The summed E-state index contributed by atoms with van der Waals surface area (Å²) >= 11 is 0. The van der Waals surface area contributed by atoms with E-state index >= 15 is 0 Å². The van der Waals surface area contributed by atoms with Crippen LogP contribution in [0.4, 0.5) is 4.79 Å². The van der Waals surface area contributed by atoms with Crippen molar-refractivity contribution in [2.24, 2.45) is 5.92 Å². The number of carbonyl (C=O) groups is 2. The molecule has 3 aliphatic rings. The molecular formula is C16H27N3O6S. The molecule has 26 heavy (non-hydrogen) atoms. The van der Waals surface area contributed by atoms with Crippen molar-refractivity contribution in [2.45, 2.75) is 30.9 Å². The zero-order valence-electron chi connectivity index (χ0n) is 14.9. The van der Waals surface area contributed by atoms with E-state index in [1.807, 2.05) is 0 Å². The van der Waals surface area contributed by atoms with Gasteiger partial charge in [0, 0.05) is 45.9 Å². The first-order chi connectivity index (χ1) is 12.4. The monoisotopic (exact) mass is 389 g/mol. The molecule has 0 aromatic rings. The summed E-state index contributed by atoms with van der Waals surface area (Å²) in [6.07, 6.45) is 2.32. The zero-order valence-corrected chi connectivity index (χ0v) is 15.7. The summed E-state index contributed by atoms with van der Waals surface area (Å²) < 4.78 is 32.2. The smallest absolute Gasteiger partial charge is 0.320 e. The molecule has 1 N–H and O–H groups in total. The average Bonchev–Trinajstić information content (AvgIpc) is 2.68. The fourth-order valence-corrected chi connectivity index (χ4v) is 5.64. The van der Waals surface area contributed by atoms with Crippen LogP contribution in [0.25, 0.3) is 0 Å². The van der Waals surface area contributed by atoms with E-state index in [1.54, 1.807) is 9.80 Å². The van der Waals surface area contributed by atoms with Crippen molar-refractivity contribution in [2.75, 3.05) is 52.5 Å². The highest BCUT2D eigenvalue weighted by atomic mass is 32.2. The minimum atomic E-state index is -3.38. The summed E-state index contributed by atoms with van der Waals surface area (Å²) in [5.41, 5.74) is 0. The standard InChI is InChI=1S/C16H27N3O6S/c20-15(21)13-3-5-17(6-4-13)16(22)18-7-9-19(10-8-18)26(23,24)14-2-1-11-25-12-14/h13-14H,1-12H2,(H,20,21). The number of likely N-dealkylation sites (tertiary alicyclic amines) is 1. The predicted molar refractivity (Wildman–Crippen MR) is 93.2 cm³/mol. The van der Waals surface area contributed by atoms with E-state index in [1.165, 1.54) is 4.31 Å². The van der Waals surface area contributed by atoms with Crippen LogP contribution < -0.4 is 0 Å². The lowest BCUT2D eigenvalue weighted by Gasteiger charge is -2.40. The highest BCUT2D eigenvalue weighted by molar-refractivity contribution is 7.89. The number of aliphatic carboxylic acids is 1. The van der Waals surface area contributed by atoms with Crippen LogP contribution in [0.5, 0.6) is 0 Å². The number of carboxylic acids is 1. The van der Waals surface area contributed by atoms with E-state index in [-0.39, 0.29) is 18.6 Å².